The first kappa shape index (κ1) is 19.5. The molecule has 2 rings (SSSR count). The molecule has 0 atom stereocenters. The van der Waals surface area contributed by atoms with Crippen molar-refractivity contribution in [1.29, 1.82) is 0 Å². The van der Waals surface area contributed by atoms with E-state index in [2.05, 4.69) is 10.6 Å². The van der Waals surface area contributed by atoms with Crippen LogP contribution in [-0.4, -0.2) is 38.6 Å². The third kappa shape index (κ3) is 5.35. The van der Waals surface area contributed by atoms with E-state index in [1.807, 2.05) is 0 Å². The summed E-state index contributed by atoms with van der Waals surface area (Å²) in [5, 5.41) is 5.09. The topological polar surface area (TPSA) is 76.7 Å². The number of hydrogen-bond donors (Lipinski definition) is 2. The first-order valence-electron chi connectivity index (χ1n) is 7.77. The van der Waals surface area contributed by atoms with Gasteiger partial charge in [-0.2, -0.15) is 0 Å². The predicted molar refractivity (Wildman–Crippen MR) is 95.2 cm³/mol. The first-order chi connectivity index (χ1) is 12.5. The number of benzene rings is 2. The summed E-state index contributed by atoms with van der Waals surface area (Å²) in [4.78, 5) is 23.7. The molecule has 0 bridgehead atoms. The molecule has 0 saturated heterocycles. The lowest BCUT2D eigenvalue weighted by Gasteiger charge is -2.11. The average molecular weight is 381 g/mol. The minimum Gasteiger partial charge on any atom is -0.493 e. The number of halogens is 2. The second-order valence-corrected chi connectivity index (χ2v) is 5.55. The van der Waals surface area contributed by atoms with Crippen molar-refractivity contribution >= 4 is 23.4 Å². The van der Waals surface area contributed by atoms with Crippen LogP contribution in [0.3, 0.4) is 0 Å². The molecule has 0 radical (unpaired) electrons. The van der Waals surface area contributed by atoms with Crippen LogP contribution in [0.5, 0.6) is 11.5 Å². The Balaban J connectivity index is 1.72. The third-order valence-corrected chi connectivity index (χ3v) is 3.67. The Morgan fingerprint density at radius 1 is 1.04 bits per heavy atom. The quantitative estimate of drug-likeness (QED) is 0.689. The van der Waals surface area contributed by atoms with Crippen molar-refractivity contribution in [2.24, 2.45) is 0 Å². The Morgan fingerprint density at radius 2 is 1.73 bits per heavy atom. The molecule has 0 aromatic heterocycles. The smallest absolute Gasteiger partial charge is 0.258 e. The van der Waals surface area contributed by atoms with Gasteiger partial charge < -0.3 is 20.1 Å². The Hall–Kier alpha value is -2.80. The summed E-state index contributed by atoms with van der Waals surface area (Å²) in [5.74, 6) is -0.743. The van der Waals surface area contributed by atoms with E-state index in [1.165, 1.54) is 19.2 Å². The number of carbonyl (C=O) groups excluding carboxylic acids is 2. The lowest BCUT2D eigenvalue weighted by Crippen LogP contribution is -2.37. The van der Waals surface area contributed by atoms with E-state index in [9.17, 15) is 14.0 Å². The van der Waals surface area contributed by atoms with Crippen LogP contribution in [0.2, 0.25) is 5.02 Å². The molecule has 0 heterocycles. The van der Waals surface area contributed by atoms with E-state index in [0.29, 0.717) is 11.5 Å². The molecule has 0 unspecified atom stereocenters. The van der Waals surface area contributed by atoms with Crippen LogP contribution in [0.1, 0.15) is 10.4 Å². The molecule has 2 amide bonds. The summed E-state index contributed by atoms with van der Waals surface area (Å²) in [7, 11) is 1.51. The molecule has 0 aliphatic rings. The molecule has 2 aromatic rings. The Bertz CT molecular complexity index is 765. The Morgan fingerprint density at radius 3 is 2.42 bits per heavy atom. The number of methoxy groups -OCH3 is 1. The highest BCUT2D eigenvalue weighted by Crippen LogP contribution is 2.25. The standard InChI is InChI=1S/C18H18ClFN2O4/c1-25-14-7-2-3-8-15(14)26-11-16(23)21-9-10-22-18(24)17-12(19)5-4-6-13(17)20/h2-8H,9-11H2,1H3,(H,21,23)(H,22,24). The molecule has 6 nitrogen and oxygen atoms in total. The average Bonchev–Trinajstić information content (AvgIpc) is 2.63. The highest BCUT2D eigenvalue weighted by molar-refractivity contribution is 6.33. The summed E-state index contributed by atoms with van der Waals surface area (Å²) in [6, 6.07) is 10.9. The number of ether oxygens (including phenoxy) is 2. The zero-order valence-corrected chi connectivity index (χ0v) is 14.8. The van der Waals surface area contributed by atoms with Gasteiger partial charge in [-0.15, -0.1) is 0 Å². The van der Waals surface area contributed by atoms with Crippen LogP contribution in [0.25, 0.3) is 0 Å². The minimum atomic E-state index is -0.704. The fourth-order valence-electron chi connectivity index (χ4n) is 2.11. The van der Waals surface area contributed by atoms with Crippen molar-refractivity contribution in [3.63, 3.8) is 0 Å². The van der Waals surface area contributed by atoms with Crippen molar-refractivity contribution in [3.8, 4) is 11.5 Å². The molecule has 138 valence electrons. The van der Waals surface area contributed by atoms with Crippen LogP contribution < -0.4 is 20.1 Å². The lowest BCUT2D eigenvalue weighted by molar-refractivity contribution is -0.123. The van der Waals surface area contributed by atoms with Crippen molar-refractivity contribution in [3.05, 3.63) is 58.9 Å². The molecule has 0 saturated carbocycles. The fraction of sp³-hybridized carbons (Fsp3) is 0.222. The fourth-order valence-corrected chi connectivity index (χ4v) is 2.36. The van der Waals surface area contributed by atoms with Crippen LogP contribution in [-0.2, 0) is 4.79 Å². The predicted octanol–water partition coefficient (Wildman–Crippen LogP) is 2.41. The summed E-state index contributed by atoms with van der Waals surface area (Å²) in [6.45, 7) is 0.0727. The zero-order valence-electron chi connectivity index (χ0n) is 14.1. The maximum atomic E-state index is 13.6. The molecular weight excluding hydrogens is 363 g/mol. The lowest BCUT2D eigenvalue weighted by atomic mass is 10.2. The highest BCUT2D eigenvalue weighted by Gasteiger charge is 2.15. The summed E-state index contributed by atoms with van der Waals surface area (Å²) < 4.78 is 24.1. The Labute approximate surface area is 155 Å². The summed E-state index contributed by atoms with van der Waals surface area (Å²) in [5.41, 5.74) is -0.222. The van der Waals surface area contributed by atoms with Crippen LogP contribution in [0, 0.1) is 5.82 Å². The number of para-hydroxylation sites is 2. The first-order valence-corrected chi connectivity index (χ1v) is 8.15. The number of carbonyl (C=O) groups is 2. The third-order valence-electron chi connectivity index (χ3n) is 3.35. The van der Waals surface area contributed by atoms with Gasteiger partial charge in [0.1, 0.15) is 5.82 Å². The second kappa shape index (κ2) is 9.62. The van der Waals surface area contributed by atoms with E-state index in [1.54, 1.807) is 24.3 Å². The highest BCUT2D eigenvalue weighted by atomic mass is 35.5. The van der Waals surface area contributed by atoms with Gasteiger partial charge in [-0.05, 0) is 24.3 Å². The maximum absolute atomic E-state index is 13.6. The number of nitrogens with one attached hydrogen (secondary N) is 2. The van der Waals surface area contributed by atoms with E-state index in [-0.39, 0.29) is 36.2 Å². The van der Waals surface area contributed by atoms with E-state index in [4.69, 9.17) is 21.1 Å². The van der Waals surface area contributed by atoms with Gasteiger partial charge in [0, 0.05) is 13.1 Å². The van der Waals surface area contributed by atoms with Gasteiger partial charge in [0.2, 0.25) is 0 Å². The number of hydrogen-bond acceptors (Lipinski definition) is 4. The normalized spacial score (nSPS) is 10.1. The van der Waals surface area contributed by atoms with Gasteiger partial charge in [-0.25, -0.2) is 4.39 Å². The molecule has 2 N–H and O–H groups in total. The summed E-state index contributed by atoms with van der Waals surface area (Å²) >= 11 is 5.81. The van der Waals surface area contributed by atoms with Crippen molar-refractivity contribution in [1.82, 2.24) is 10.6 Å². The van der Waals surface area contributed by atoms with E-state index in [0.717, 1.165) is 6.07 Å². The van der Waals surface area contributed by atoms with E-state index >= 15 is 0 Å². The molecule has 0 aliphatic heterocycles. The second-order valence-electron chi connectivity index (χ2n) is 5.14. The molecule has 0 aliphatic carbocycles. The van der Waals surface area contributed by atoms with Crippen molar-refractivity contribution in [2.45, 2.75) is 0 Å². The van der Waals surface area contributed by atoms with Gasteiger partial charge in [0.25, 0.3) is 11.8 Å². The zero-order chi connectivity index (χ0) is 18.9. The molecule has 0 fully saturated rings. The van der Waals surface area contributed by atoms with Crippen LogP contribution >= 0.6 is 11.6 Å². The van der Waals surface area contributed by atoms with Gasteiger partial charge in [0.05, 0.1) is 17.7 Å². The molecule has 2 aromatic carbocycles. The minimum absolute atomic E-state index is 0.0248. The van der Waals surface area contributed by atoms with Gasteiger partial charge in [0.15, 0.2) is 18.1 Å². The number of rotatable bonds is 8. The van der Waals surface area contributed by atoms with Crippen molar-refractivity contribution < 1.29 is 23.5 Å². The van der Waals surface area contributed by atoms with Gasteiger partial charge >= 0.3 is 0 Å². The molecule has 8 heteroatoms. The molecule has 26 heavy (non-hydrogen) atoms. The van der Waals surface area contributed by atoms with Crippen LogP contribution in [0.4, 0.5) is 4.39 Å². The molecular formula is C18H18ClFN2O4. The monoisotopic (exact) mass is 380 g/mol. The largest absolute Gasteiger partial charge is 0.493 e. The number of amides is 2. The van der Waals surface area contributed by atoms with E-state index < -0.39 is 11.7 Å². The van der Waals surface area contributed by atoms with Gasteiger partial charge in [-0.3, -0.25) is 9.59 Å². The Kier molecular flexibility index (Phi) is 7.23. The maximum Gasteiger partial charge on any atom is 0.258 e. The molecule has 0 spiro atoms. The van der Waals surface area contributed by atoms with Crippen LogP contribution in [0.15, 0.2) is 42.5 Å². The van der Waals surface area contributed by atoms with Crippen molar-refractivity contribution in [2.75, 3.05) is 26.8 Å². The summed E-state index contributed by atoms with van der Waals surface area (Å²) in [6.07, 6.45) is 0. The van der Waals surface area contributed by atoms with Gasteiger partial charge in [-0.1, -0.05) is 29.8 Å². The SMILES string of the molecule is COc1ccccc1OCC(=O)NCCNC(=O)c1c(F)cccc1Cl.